The van der Waals surface area contributed by atoms with Crippen LogP contribution >= 0.6 is 24.8 Å². The zero-order valence-electron chi connectivity index (χ0n) is 16.2. The van der Waals surface area contributed by atoms with Crippen molar-refractivity contribution in [1.29, 1.82) is 0 Å². The van der Waals surface area contributed by atoms with Gasteiger partial charge in [-0.1, -0.05) is 68.8 Å². The van der Waals surface area contributed by atoms with Gasteiger partial charge in [-0.2, -0.15) is 0 Å². The Morgan fingerprint density at radius 2 is 1.41 bits per heavy atom. The second-order valence-electron chi connectivity index (χ2n) is 7.35. The fraction of sp³-hybridized carbons (Fsp3) is 0.391. The van der Waals surface area contributed by atoms with Crippen LogP contribution in [-0.2, 0) is 0 Å². The molecule has 0 radical (unpaired) electrons. The average Bonchev–Trinajstić information content (AvgIpc) is 2.68. The van der Waals surface area contributed by atoms with E-state index in [-0.39, 0.29) is 24.8 Å². The molecular formula is C23H30Cl2N2. The molecule has 0 aromatic heterocycles. The lowest BCUT2D eigenvalue weighted by atomic mass is 9.84. The zero-order valence-corrected chi connectivity index (χ0v) is 17.8. The summed E-state index contributed by atoms with van der Waals surface area (Å²) >= 11 is 0. The molecule has 2 nitrogen and oxygen atoms in total. The molecule has 1 aliphatic heterocycles. The Balaban J connectivity index is 0.00000131. The minimum Gasteiger partial charge on any atom is -0.314 e. The summed E-state index contributed by atoms with van der Waals surface area (Å²) in [5, 5.41) is 9.07. The van der Waals surface area contributed by atoms with Crippen molar-refractivity contribution < 1.29 is 0 Å². The molecule has 1 aliphatic rings. The summed E-state index contributed by atoms with van der Waals surface area (Å²) in [5.41, 5.74) is 1.53. The van der Waals surface area contributed by atoms with Crippen molar-refractivity contribution in [2.45, 2.75) is 26.3 Å². The maximum absolute atomic E-state index is 3.51. The van der Waals surface area contributed by atoms with Gasteiger partial charge >= 0.3 is 0 Å². The number of rotatable bonds is 4. The van der Waals surface area contributed by atoms with Gasteiger partial charge in [-0.25, -0.2) is 0 Å². The van der Waals surface area contributed by atoms with Crippen molar-refractivity contribution in [2.75, 3.05) is 26.2 Å². The van der Waals surface area contributed by atoms with Crippen LogP contribution in [0.2, 0.25) is 0 Å². The van der Waals surface area contributed by atoms with Gasteiger partial charge < -0.3 is 5.32 Å². The topological polar surface area (TPSA) is 15.3 Å². The van der Waals surface area contributed by atoms with Gasteiger partial charge in [0.1, 0.15) is 0 Å². The number of fused-ring (bicyclic) bond motifs is 2. The SMILES string of the molecule is CCC(C)[C@H](c1c2ccccc2cc2ccccc12)N1CCNCC1.Cl.Cl. The van der Waals surface area contributed by atoms with E-state index in [1.807, 2.05) is 0 Å². The van der Waals surface area contributed by atoms with Crippen molar-refractivity contribution >= 4 is 46.4 Å². The van der Waals surface area contributed by atoms with Crippen LogP contribution in [0.3, 0.4) is 0 Å². The number of hydrogen-bond donors (Lipinski definition) is 1. The van der Waals surface area contributed by atoms with Gasteiger partial charge in [0, 0.05) is 32.2 Å². The second-order valence-corrected chi connectivity index (χ2v) is 7.35. The first-order valence-corrected chi connectivity index (χ1v) is 9.64. The Hall–Kier alpha value is -1.32. The van der Waals surface area contributed by atoms with E-state index in [1.54, 1.807) is 0 Å². The van der Waals surface area contributed by atoms with E-state index >= 15 is 0 Å². The molecule has 1 heterocycles. The van der Waals surface area contributed by atoms with Crippen molar-refractivity contribution in [2.24, 2.45) is 5.92 Å². The third-order valence-electron chi connectivity index (χ3n) is 5.84. The molecule has 0 amide bonds. The van der Waals surface area contributed by atoms with Crippen molar-refractivity contribution in [1.82, 2.24) is 10.2 Å². The fourth-order valence-electron chi connectivity index (χ4n) is 4.38. The first-order valence-electron chi connectivity index (χ1n) is 9.64. The maximum atomic E-state index is 3.51. The Morgan fingerprint density at radius 3 is 1.93 bits per heavy atom. The van der Waals surface area contributed by atoms with Crippen LogP contribution in [0.4, 0.5) is 0 Å². The summed E-state index contributed by atoms with van der Waals surface area (Å²) in [6, 6.07) is 20.7. The average molecular weight is 405 g/mol. The van der Waals surface area contributed by atoms with Gasteiger partial charge in [0.2, 0.25) is 0 Å². The van der Waals surface area contributed by atoms with Crippen LogP contribution < -0.4 is 5.32 Å². The van der Waals surface area contributed by atoms with E-state index in [0.717, 1.165) is 26.2 Å². The summed E-state index contributed by atoms with van der Waals surface area (Å²) in [4.78, 5) is 2.71. The number of nitrogens with zero attached hydrogens (tertiary/aromatic N) is 1. The van der Waals surface area contributed by atoms with Gasteiger partial charge in [0.15, 0.2) is 0 Å². The van der Waals surface area contributed by atoms with E-state index in [0.29, 0.717) is 12.0 Å². The first kappa shape index (κ1) is 22.0. The molecule has 27 heavy (non-hydrogen) atoms. The van der Waals surface area contributed by atoms with Crippen LogP contribution in [-0.4, -0.2) is 31.1 Å². The van der Waals surface area contributed by atoms with Gasteiger partial charge in [-0.05, 0) is 39.1 Å². The molecular weight excluding hydrogens is 375 g/mol. The van der Waals surface area contributed by atoms with Crippen LogP contribution in [0.15, 0.2) is 54.6 Å². The van der Waals surface area contributed by atoms with Crippen molar-refractivity contribution in [3.8, 4) is 0 Å². The first-order chi connectivity index (χ1) is 12.3. The molecule has 1 N–H and O–H groups in total. The Kier molecular flexibility index (Phi) is 7.93. The molecule has 2 atom stereocenters. The summed E-state index contributed by atoms with van der Waals surface area (Å²) < 4.78 is 0. The Labute approximate surface area is 175 Å². The van der Waals surface area contributed by atoms with Gasteiger partial charge in [0.05, 0.1) is 0 Å². The molecule has 1 fully saturated rings. The van der Waals surface area contributed by atoms with Crippen molar-refractivity contribution in [3.05, 3.63) is 60.2 Å². The second kappa shape index (κ2) is 9.75. The number of halogens is 2. The molecule has 1 unspecified atom stereocenters. The minimum absolute atomic E-state index is 0. The van der Waals surface area contributed by atoms with E-state index in [1.165, 1.54) is 33.5 Å². The molecule has 0 spiro atoms. The quantitative estimate of drug-likeness (QED) is 0.550. The monoisotopic (exact) mass is 404 g/mol. The molecule has 0 aliphatic carbocycles. The Bertz CT molecular complexity index is 821. The highest BCUT2D eigenvalue weighted by molar-refractivity contribution is 6.02. The number of piperazine rings is 1. The van der Waals surface area contributed by atoms with Gasteiger partial charge in [-0.15, -0.1) is 24.8 Å². The lowest BCUT2D eigenvalue weighted by Crippen LogP contribution is -2.46. The smallest absolute Gasteiger partial charge is 0.0386 e. The summed E-state index contributed by atoms with van der Waals surface area (Å²) in [5.74, 6) is 0.632. The third kappa shape index (κ3) is 4.25. The molecule has 146 valence electrons. The molecule has 3 aromatic rings. The van der Waals surface area contributed by atoms with Crippen molar-refractivity contribution in [3.63, 3.8) is 0 Å². The number of benzene rings is 3. The van der Waals surface area contributed by atoms with E-state index < -0.39 is 0 Å². The fourth-order valence-corrected chi connectivity index (χ4v) is 4.38. The highest BCUT2D eigenvalue weighted by atomic mass is 35.5. The highest BCUT2D eigenvalue weighted by Gasteiger charge is 2.29. The standard InChI is InChI=1S/C23H28N2.2ClH/c1-3-17(2)23(25-14-12-24-13-15-25)22-20-10-6-4-8-18(20)16-19-9-5-7-11-21(19)22;;/h4-11,16-17,23-24H,3,12-15H2,1-2H3;2*1H/t17?,23-;;/m1../s1. The minimum atomic E-state index is 0. The van der Waals surface area contributed by atoms with Crippen LogP contribution in [0.5, 0.6) is 0 Å². The molecule has 4 heteroatoms. The largest absolute Gasteiger partial charge is 0.314 e. The Morgan fingerprint density at radius 1 is 0.889 bits per heavy atom. The lowest BCUT2D eigenvalue weighted by Gasteiger charge is -2.39. The summed E-state index contributed by atoms with van der Waals surface area (Å²) in [6.45, 7) is 9.20. The van der Waals surface area contributed by atoms with Gasteiger partial charge in [-0.3, -0.25) is 4.90 Å². The van der Waals surface area contributed by atoms with Gasteiger partial charge in [0.25, 0.3) is 0 Å². The molecule has 4 rings (SSSR count). The van der Waals surface area contributed by atoms with E-state index in [2.05, 4.69) is 78.7 Å². The summed E-state index contributed by atoms with van der Waals surface area (Å²) in [7, 11) is 0. The highest BCUT2D eigenvalue weighted by Crippen LogP contribution is 2.40. The number of hydrogen-bond acceptors (Lipinski definition) is 2. The van der Waals surface area contributed by atoms with Crippen LogP contribution in [0.25, 0.3) is 21.5 Å². The normalized spacial score (nSPS) is 17.1. The lowest BCUT2D eigenvalue weighted by molar-refractivity contribution is 0.130. The molecule has 0 bridgehead atoms. The van der Waals surface area contributed by atoms with Crippen LogP contribution in [0, 0.1) is 5.92 Å². The predicted octanol–water partition coefficient (Wildman–Crippen LogP) is 5.83. The predicted molar refractivity (Wildman–Crippen MR) is 123 cm³/mol. The molecule has 0 saturated carbocycles. The van der Waals surface area contributed by atoms with E-state index in [4.69, 9.17) is 0 Å². The van der Waals surface area contributed by atoms with E-state index in [9.17, 15) is 0 Å². The number of nitrogens with one attached hydrogen (secondary N) is 1. The zero-order chi connectivity index (χ0) is 17.2. The van der Waals surface area contributed by atoms with Crippen LogP contribution in [0.1, 0.15) is 31.9 Å². The summed E-state index contributed by atoms with van der Waals surface area (Å²) in [6.07, 6.45) is 1.20. The third-order valence-corrected chi connectivity index (χ3v) is 5.84. The molecule has 3 aromatic carbocycles. The molecule has 1 saturated heterocycles. The maximum Gasteiger partial charge on any atom is 0.0386 e.